The Hall–Kier alpha value is -2.05. The van der Waals surface area contributed by atoms with E-state index in [9.17, 15) is 4.79 Å². The molecule has 0 fully saturated rings. The minimum absolute atomic E-state index is 0.360. The Balaban J connectivity index is 2.37. The van der Waals surface area contributed by atoms with Gasteiger partial charge in [0.1, 0.15) is 0 Å². The average Bonchev–Trinajstić information content (AvgIpc) is 2.89. The maximum Gasteiger partial charge on any atom is 0.372 e. The van der Waals surface area contributed by atoms with Crippen molar-refractivity contribution in [3.63, 3.8) is 0 Å². The van der Waals surface area contributed by atoms with Crippen LogP contribution in [0.3, 0.4) is 0 Å². The summed E-state index contributed by atoms with van der Waals surface area (Å²) in [6, 6.07) is -0.360. The third-order valence-corrected chi connectivity index (χ3v) is 2.24. The first-order chi connectivity index (χ1) is 7.74. The maximum atomic E-state index is 11.9. The van der Waals surface area contributed by atoms with Crippen molar-refractivity contribution in [2.24, 2.45) is 0 Å². The number of hydrogen-bond acceptors (Lipinski definition) is 5. The molecule has 0 atom stereocenters. The van der Waals surface area contributed by atoms with Crippen LogP contribution in [0.15, 0.2) is 12.4 Å². The molecular formula is C9H12N6O. The largest absolute Gasteiger partial charge is 0.372 e. The monoisotopic (exact) mass is 220 g/mol. The lowest BCUT2D eigenvalue weighted by molar-refractivity contribution is 0.236. The van der Waals surface area contributed by atoms with Gasteiger partial charge in [0.25, 0.3) is 0 Å². The molecule has 0 bridgehead atoms. The molecule has 84 valence electrons. The number of nitrogens with zero attached hydrogens (tertiary/aromatic N) is 6. The summed E-state index contributed by atoms with van der Waals surface area (Å²) in [4.78, 5) is 11.9. The van der Waals surface area contributed by atoms with Gasteiger partial charge in [0.2, 0.25) is 0 Å². The molecule has 0 amide bonds. The van der Waals surface area contributed by atoms with Crippen LogP contribution in [-0.2, 0) is 6.42 Å². The molecule has 0 aliphatic rings. The fourth-order valence-corrected chi connectivity index (χ4v) is 1.46. The third kappa shape index (κ3) is 1.71. The van der Waals surface area contributed by atoms with E-state index in [-0.39, 0.29) is 6.03 Å². The summed E-state index contributed by atoms with van der Waals surface area (Å²) >= 11 is 0. The van der Waals surface area contributed by atoms with Gasteiger partial charge in [-0.15, -0.1) is 10.2 Å². The number of rotatable bonds is 2. The molecule has 0 saturated carbocycles. The van der Waals surface area contributed by atoms with Crippen molar-refractivity contribution >= 4 is 6.03 Å². The zero-order valence-electron chi connectivity index (χ0n) is 9.16. The van der Waals surface area contributed by atoms with Crippen LogP contribution in [0.1, 0.15) is 24.7 Å². The van der Waals surface area contributed by atoms with Crippen molar-refractivity contribution < 1.29 is 4.79 Å². The predicted octanol–water partition coefficient (Wildman–Crippen LogP) is 0.647. The Labute approximate surface area is 92.1 Å². The van der Waals surface area contributed by atoms with Gasteiger partial charge in [-0.05, 0) is 13.3 Å². The molecule has 2 rings (SSSR count). The highest BCUT2D eigenvalue weighted by Gasteiger charge is 2.16. The Morgan fingerprint density at radius 1 is 1.44 bits per heavy atom. The number of carbonyl (C=O) groups excluding carboxylic acids is 1. The van der Waals surface area contributed by atoms with Gasteiger partial charge in [0, 0.05) is 0 Å². The van der Waals surface area contributed by atoms with Crippen molar-refractivity contribution in [1.82, 2.24) is 30.0 Å². The molecular weight excluding hydrogens is 208 g/mol. The Kier molecular flexibility index (Phi) is 2.76. The van der Waals surface area contributed by atoms with Crippen molar-refractivity contribution in [1.29, 1.82) is 0 Å². The molecule has 2 aromatic rings. The lowest BCUT2D eigenvalue weighted by Crippen LogP contribution is -2.23. The van der Waals surface area contributed by atoms with E-state index in [4.69, 9.17) is 0 Å². The van der Waals surface area contributed by atoms with Crippen LogP contribution in [0, 0.1) is 6.92 Å². The third-order valence-electron chi connectivity index (χ3n) is 2.24. The van der Waals surface area contributed by atoms with E-state index in [1.165, 1.54) is 17.1 Å². The topological polar surface area (TPSA) is 78.5 Å². The number of aromatic nitrogens is 6. The van der Waals surface area contributed by atoms with E-state index < -0.39 is 0 Å². The number of carbonyl (C=O) groups is 1. The first-order valence-electron chi connectivity index (χ1n) is 5.06. The van der Waals surface area contributed by atoms with E-state index in [1.54, 1.807) is 0 Å². The van der Waals surface area contributed by atoms with E-state index in [0.717, 1.165) is 28.9 Å². The molecule has 0 spiro atoms. The Bertz CT molecular complexity index is 486. The highest BCUT2D eigenvalue weighted by molar-refractivity contribution is 5.77. The van der Waals surface area contributed by atoms with Gasteiger partial charge in [-0.2, -0.15) is 9.36 Å². The van der Waals surface area contributed by atoms with Crippen LogP contribution in [-0.4, -0.2) is 36.0 Å². The molecule has 2 aromatic heterocycles. The second-order valence-corrected chi connectivity index (χ2v) is 3.41. The van der Waals surface area contributed by atoms with E-state index in [0.29, 0.717) is 0 Å². The first-order valence-corrected chi connectivity index (χ1v) is 5.06. The quantitative estimate of drug-likeness (QED) is 0.742. The average molecular weight is 220 g/mol. The minimum atomic E-state index is -0.360. The van der Waals surface area contributed by atoms with Crippen molar-refractivity contribution in [2.45, 2.75) is 26.7 Å². The van der Waals surface area contributed by atoms with Crippen LogP contribution in [0.5, 0.6) is 0 Å². The lowest BCUT2D eigenvalue weighted by atomic mass is 10.2. The highest BCUT2D eigenvalue weighted by atomic mass is 16.2. The van der Waals surface area contributed by atoms with Gasteiger partial charge in [-0.1, -0.05) is 23.8 Å². The van der Waals surface area contributed by atoms with E-state index in [1.807, 2.05) is 13.8 Å². The number of hydrogen-bond donors (Lipinski definition) is 0. The molecule has 2 heterocycles. The molecule has 0 aliphatic heterocycles. The fourth-order valence-electron chi connectivity index (χ4n) is 1.46. The summed E-state index contributed by atoms with van der Waals surface area (Å²) in [7, 11) is 0. The second-order valence-electron chi connectivity index (χ2n) is 3.41. The molecule has 16 heavy (non-hydrogen) atoms. The zero-order valence-corrected chi connectivity index (χ0v) is 9.16. The van der Waals surface area contributed by atoms with Crippen molar-refractivity contribution in [2.75, 3.05) is 0 Å². The molecule has 0 aliphatic carbocycles. The van der Waals surface area contributed by atoms with E-state index >= 15 is 0 Å². The van der Waals surface area contributed by atoms with Gasteiger partial charge >= 0.3 is 6.03 Å². The smallest absolute Gasteiger partial charge is 0.243 e. The Morgan fingerprint density at radius 2 is 2.25 bits per heavy atom. The Morgan fingerprint density at radius 3 is 2.88 bits per heavy atom. The highest BCUT2D eigenvalue weighted by Crippen LogP contribution is 2.07. The molecule has 0 aromatic carbocycles. The molecule has 0 N–H and O–H groups in total. The lowest BCUT2D eigenvalue weighted by Gasteiger charge is -2.03. The van der Waals surface area contributed by atoms with Gasteiger partial charge in [-0.3, -0.25) is 0 Å². The predicted molar refractivity (Wildman–Crippen MR) is 55.0 cm³/mol. The van der Waals surface area contributed by atoms with Gasteiger partial charge in [0.15, 0.2) is 0 Å². The molecule has 7 heteroatoms. The van der Waals surface area contributed by atoms with Gasteiger partial charge in [0.05, 0.1) is 23.8 Å². The van der Waals surface area contributed by atoms with Crippen LogP contribution in [0.2, 0.25) is 0 Å². The van der Waals surface area contributed by atoms with Crippen molar-refractivity contribution in [3.8, 4) is 0 Å². The van der Waals surface area contributed by atoms with Crippen LogP contribution in [0.25, 0.3) is 0 Å². The summed E-state index contributed by atoms with van der Waals surface area (Å²) in [6.45, 7) is 3.87. The molecule has 0 radical (unpaired) electrons. The van der Waals surface area contributed by atoms with Gasteiger partial charge < -0.3 is 0 Å². The van der Waals surface area contributed by atoms with Crippen LogP contribution < -0.4 is 0 Å². The minimum Gasteiger partial charge on any atom is -0.243 e. The summed E-state index contributed by atoms with van der Waals surface area (Å²) in [5.74, 6) is 0. The maximum absolute atomic E-state index is 11.9. The molecule has 7 nitrogen and oxygen atoms in total. The van der Waals surface area contributed by atoms with E-state index in [2.05, 4.69) is 20.6 Å². The standard InChI is InChI=1S/C9H12N6O/c1-3-4-8-7(2)11-13-15(8)9(16)14-6-5-10-12-14/h5-6H,3-4H2,1-2H3. The molecule has 0 saturated heterocycles. The summed E-state index contributed by atoms with van der Waals surface area (Å²) in [5, 5.41) is 14.9. The SMILES string of the molecule is CCCc1c(C)nnn1C(=O)n1ccnn1. The van der Waals surface area contributed by atoms with Crippen molar-refractivity contribution in [3.05, 3.63) is 23.8 Å². The summed E-state index contributed by atoms with van der Waals surface area (Å²) < 4.78 is 2.40. The first kappa shape index (κ1) is 10.5. The second kappa shape index (κ2) is 4.21. The zero-order chi connectivity index (χ0) is 11.5. The van der Waals surface area contributed by atoms with Crippen LogP contribution >= 0.6 is 0 Å². The summed E-state index contributed by atoms with van der Waals surface area (Å²) in [5.41, 5.74) is 1.60. The molecule has 0 unspecified atom stereocenters. The normalized spacial score (nSPS) is 10.6. The number of aryl methyl sites for hydroxylation is 1. The van der Waals surface area contributed by atoms with Crippen LogP contribution in [0.4, 0.5) is 4.79 Å². The van der Waals surface area contributed by atoms with Gasteiger partial charge in [-0.25, -0.2) is 4.79 Å². The summed E-state index contributed by atoms with van der Waals surface area (Å²) in [6.07, 6.45) is 4.62. The fraction of sp³-hybridized carbons (Fsp3) is 0.444.